The third-order valence-corrected chi connectivity index (χ3v) is 6.54. The summed E-state index contributed by atoms with van der Waals surface area (Å²) in [6, 6.07) is 3.97. The summed E-state index contributed by atoms with van der Waals surface area (Å²) in [5.41, 5.74) is 0. The molecule has 2 saturated heterocycles. The number of hydrogen-bond acceptors (Lipinski definition) is 7. The average Bonchev–Trinajstić information content (AvgIpc) is 3.36. The van der Waals surface area contributed by atoms with Crippen molar-refractivity contribution < 1.29 is 8.42 Å². The number of sulfonamides is 1. The molecule has 2 aromatic rings. The summed E-state index contributed by atoms with van der Waals surface area (Å²) in [5, 5.41) is 8.80. The molecule has 2 aliphatic rings. The van der Waals surface area contributed by atoms with Crippen LogP contribution in [0.3, 0.4) is 0 Å². The van der Waals surface area contributed by atoms with Gasteiger partial charge in [-0.2, -0.15) is 4.31 Å². The molecular formula is C15H21N7O2S. The summed E-state index contributed by atoms with van der Waals surface area (Å²) < 4.78 is 26.4. The first-order valence-electron chi connectivity index (χ1n) is 8.47. The van der Waals surface area contributed by atoms with Crippen molar-refractivity contribution in [1.29, 1.82) is 0 Å². The molecule has 0 spiro atoms. The minimum Gasteiger partial charge on any atom is -0.355 e. The molecule has 2 aromatic heterocycles. The van der Waals surface area contributed by atoms with Crippen LogP contribution in [-0.4, -0.2) is 72.2 Å². The van der Waals surface area contributed by atoms with Gasteiger partial charge in [0, 0.05) is 39.3 Å². The molecule has 1 N–H and O–H groups in total. The van der Waals surface area contributed by atoms with E-state index >= 15 is 0 Å². The maximum absolute atomic E-state index is 12.5. The zero-order valence-corrected chi connectivity index (χ0v) is 14.7. The predicted octanol–water partition coefficient (Wildman–Crippen LogP) is 0.311. The van der Waals surface area contributed by atoms with E-state index in [-0.39, 0.29) is 5.03 Å². The monoisotopic (exact) mass is 363 g/mol. The molecular weight excluding hydrogens is 342 g/mol. The van der Waals surface area contributed by atoms with Crippen molar-refractivity contribution in [3.63, 3.8) is 0 Å². The number of nitrogens with one attached hydrogen (secondary N) is 1. The molecule has 0 amide bonds. The van der Waals surface area contributed by atoms with Crippen LogP contribution in [0.2, 0.25) is 0 Å². The van der Waals surface area contributed by atoms with Gasteiger partial charge in [-0.1, -0.05) is 0 Å². The molecule has 0 atom stereocenters. The van der Waals surface area contributed by atoms with Crippen LogP contribution in [0.25, 0.3) is 0 Å². The standard InChI is InChI=1S/C15H21N7O2S/c23-25(24,15-11-16-12-17-15)22-9-7-21(8-10-22)14-4-3-13(18-19-14)20-5-1-2-6-20/h3-4,11-12H,1-2,5-10H2,(H,16,17). The Kier molecular flexibility index (Phi) is 4.30. The van der Waals surface area contributed by atoms with Gasteiger partial charge in [0.25, 0.3) is 10.0 Å². The zero-order chi connectivity index (χ0) is 17.3. The van der Waals surface area contributed by atoms with Crippen LogP contribution in [0.1, 0.15) is 12.8 Å². The van der Waals surface area contributed by atoms with E-state index in [0.717, 1.165) is 24.7 Å². The van der Waals surface area contributed by atoms with E-state index in [2.05, 4.69) is 30.0 Å². The van der Waals surface area contributed by atoms with E-state index in [1.807, 2.05) is 12.1 Å². The lowest BCUT2D eigenvalue weighted by molar-refractivity contribution is 0.382. The molecule has 2 aliphatic heterocycles. The van der Waals surface area contributed by atoms with E-state index < -0.39 is 10.0 Å². The third kappa shape index (κ3) is 3.19. The van der Waals surface area contributed by atoms with Crippen molar-refractivity contribution in [2.45, 2.75) is 17.9 Å². The highest BCUT2D eigenvalue weighted by Crippen LogP contribution is 2.21. The van der Waals surface area contributed by atoms with Gasteiger partial charge in [0.05, 0.1) is 12.5 Å². The lowest BCUT2D eigenvalue weighted by Gasteiger charge is -2.34. The van der Waals surface area contributed by atoms with Gasteiger partial charge in [-0.15, -0.1) is 10.2 Å². The number of aromatic amines is 1. The van der Waals surface area contributed by atoms with Gasteiger partial charge in [0.1, 0.15) is 0 Å². The molecule has 134 valence electrons. The van der Waals surface area contributed by atoms with Gasteiger partial charge in [0.2, 0.25) is 0 Å². The molecule has 4 rings (SSSR count). The summed E-state index contributed by atoms with van der Waals surface area (Å²) in [7, 11) is -3.50. The Morgan fingerprint density at radius 2 is 1.48 bits per heavy atom. The Hall–Kier alpha value is -2.20. The minimum atomic E-state index is -3.50. The Morgan fingerprint density at radius 1 is 0.880 bits per heavy atom. The predicted molar refractivity (Wildman–Crippen MR) is 93.0 cm³/mol. The first kappa shape index (κ1) is 16.3. The van der Waals surface area contributed by atoms with Crippen LogP contribution in [0, 0.1) is 0 Å². The van der Waals surface area contributed by atoms with Gasteiger partial charge in [-0.3, -0.25) is 0 Å². The van der Waals surface area contributed by atoms with E-state index in [0.29, 0.717) is 26.2 Å². The number of rotatable bonds is 4. The summed E-state index contributed by atoms with van der Waals surface area (Å²) in [6.07, 6.45) is 5.12. The summed E-state index contributed by atoms with van der Waals surface area (Å²) in [4.78, 5) is 10.8. The Bertz CT molecular complexity index is 793. The summed E-state index contributed by atoms with van der Waals surface area (Å²) in [6.45, 7) is 4.08. The van der Waals surface area contributed by atoms with Crippen molar-refractivity contribution in [3.05, 3.63) is 24.7 Å². The van der Waals surface area contributed by atoms with Crippen LogP contribution in [0.5, 0.6) is 0 Å². The molecule has 2 fully saturated rings. The molecule has 4 heterocycles. The smallest absolute Gasteiger partial charge is 0.260 e. The fourth-order valence-electron chi connectivity index (χ4n) is 3.28. The molecule has 0 aromatic carbocycles. The maximum atomic E-state index is 12.5. The highest BCUT2D eigenvalue weighted by Gasteiger charge is 2.30. The van der Waals surface area contributed by atoms with Gasteiger partial charge < -0.3 is 14.8 Å². The first-order valence-corrected chi connectivity index (χ1v) is 9.91. The molecule has 25 heavy (non-hydrogen) atoms. The number of anilines is 2. The van der Waals surface area contributed by atoms with Crippen molar-refractivity contribution in [3.8, 4) is 0 Å². The highest BCUT2D eigenvalue weighted by atomic mass is 32.2. The van der Waals surface area contributed by atoms with E-state index in [9.17, 15) is 8.42 Å². The van der Waals surface area contributed by atoms with Crippen molar-refractivity contribution in [1.82, 2.24) is 24.5 Å². The number of imidazole rings is 1. The molecule has 0 bridgehead atoms. The Morgan fingerprint density at radius 3 is 2.00 bits per heavy atom. The van der Waals surface area contributed by atoms with Crippen LogP contribution in [0.15, 0.2) is 29.7 Å². The minimum absolute atomic E-state index is 0.135. The largest absolute Gasteiger partial charge is 0.355 e. The summed E-state index contributed by atoms with van der Waals surface area (Å²) >= 11 is 0. The van der Waals surface area contributed by atoms with E-state index in [1.54, 1.807) is 0 Å². The van der Waals surface area contributed by atoms with Crippen LogP contribution >= 0.6 is 0 Å². The fraction of sp³-hybridized carbons (Fsp3) is 0.533. The number of H-pyrrole nitrogens is 1. The lowest BCUT2D eigenvalue weighted by Crippen LogP contribution is -2.49. The van der Waals surface area contributed by atoms with Crippen molar-refractivity contribution >= 4 is 21.7 Å². The molecule has 0 radical (unpaired) electrons. The number of nitrogens with zero attached hydrogens (tertiary/aromatic N) is 6. The number of aromatic nitrogens is 4. The normalized spacial score (nSPS) is 19.5. The second kappa shape index (κ2) is 6.60. The molecule has 9 nitrogen and oxygen atoms in total. The van der Waals surface area contributed by atoms with Crippen LogP contribution < -0.4 is 9.80 Å². The quantitative estimate of drug-likeness (QED) is 0.835. The number of piperazine rings is 1. The first-order chi connectivity index (χ1) is 12.1. The number of hydrogen-bond donors (Lipinski definition) is 1. The van der Waals surface area contributed by atoms with Gasteiger partial charge in [-0.05, 0) is 25.0 Å². The molecule has 0 aliphatic carbocycles. The van der Waals surface area contributed by atoms with Gasteiger partial charge in [-0.25, -0.2) is 13.4 Å². The topological polar surface area (TPSA) is 98.3 Å². The SMILES string of the molecule is O=S(=O)(c1cnc[nH]1)N1CCN(c2ccc(N3CCCC3)nn2)CC1. The average molecular weight is 363 g/mol. The molecule has 10 heteroatoms. The fourth-order valence-corrected chi connectivity index (χ4v) is 4.60. The maximum Gasteiger partial charge on any atom is 0.260 e. The van der Waals surface area contributed by atoms with Crippen molar-refractivity contribution in [2.24, 2.45) is 0 Å². The zero-order valence-electron chi connectivity index (χ0n) is 13.9. The van der Waals surface area contributed by atoms with Gasteiger partial charge in [0.15, 0.2) is 16.7 Å². The Balaban J connectivity index is 1.40. The molecule has 0 unspecified atom stereocenters. The van der Waals surface area contributed by atoms with Crippen molar-refractivity contribution in [2.75, 3.05) is 49.1 Å². The van der Waals surface area contributed by atoms with Crippen LogP contribution in [0.4, 0.5) is 11.6 Å². The second-order valence-electron chi connectivity index (χ2n) is 6.25. The summed E-state index contributed by atoms with van der Waals surface area (Å²) in [5.74, 6) is 1.71. The Labute approximate surface area is 146 Å². The molecule has 0 saturated carbocycles. The van der Waals surface area contributed by atoms with Crippen LogP contribution in [-0.2, 0) is 10.0 Å². The second-order valence-corrected chi connectivity index (χ2v) is 8.16. The van der Waals surface area contributed by atoms with Gasteiger partial charge >= 0.3 is 0 Å². The highest BCUT2D eigenvalue weighted by molar-refractivity contribution is 7.89. The van der Waals surface area contributed by atoms with E-state index in [1.165, 1.54) is 29.7 Å². The van der Waals surface area contributed by atoms with E-state index in [4.69, 9.17) is 0 Å². The lowest BCUT2D eigenvalue weighted by atomic mass is 10.3. The third-order valence-electron chi connectivity index (χ3n) is 4.72.